The van der Waals surface area contributed by atoms with Gasteiger partial charge in [0, 0.05) is 10.4 Å². The molecule has 0 unspecified atom stereocenters. The van der Waals surface area contributed by atoms with E-state index in [1.165, 1.54) is 11.3 Å². The zero-order valence-corrected chi connectivity index (χ0v) is 14.8. The normalized spacial score (nSPS) is 10.4. The van der Waals surface area contributed by atoms with Crippen LogP contribution in [0.5, 0.6) is 11.5 Å². The minimum atomic E-state index is -0.159. The lowest BCUT2D eigenvalue weighted by Gasteiger charge is -2.12. The molecule has 124 valence electrons. The third kappa shape index (κ3) is 5.15. The van der Waals surface area contributed by atoms with Gasteiger partial charge in [-0.3, -0.25) is 4.79 Å². The summed E-state index contributed by atoms with van der Waals surface area (Å²) < 4.78 is 11.7. The average molecular weight is 354 g/mol. The lowest BCUT2D eigenvalue weighted by Crippen LogP contribution is -2.22. The number of unbranched alkanes of at least 4 members (excludes halogenated alkanes) is 1. The third-order valence-electron chi connectivity index (χ3n) is 3.23. The van der Waals surface area contributed by atoms with Crippen molar-refractivity contribution in [2.75, 3.05) is 13.7 Å². The maximum absolute atomic E-state index is 12.2. The van der Waals surface area contributed by atoms with Crippen LogP contribution in [0.3, 0.4) is 0 Å². The molecule has 2 rings (SSSR count). The second-order valence-electron chi connectivity index (χ2n) is 4.96. The summed E-state index contributed by atoms with van der Waals surface area (Å²) in [5.74, 6) is 1.06. The first kappa shape index (κ1) is 17.6. The summed E-state index contributed by atoms with van der Waals surface area (Å²) >= 11 is 7.33. The van der Waals surface area contributed by atoms with Gasteiger partial charge in [0.25, 0.3) is 5.91 Å². The molecule has 0 radical (unpaired) electrons. The van der Waals surface area contributed by atoms with E-state index in [-0.39, 0.29) is 5.91 Å². The topological polar surface area (TPSA) is 47.6 Å². The van der Waals surface area contributed by atoms with E-state index in [0.29, 0.717) is 34.6 Å². The molecule has 4 nitrogen and oxygen atoms in total. The molecular formula is C17H20ClNO3S. The Hall–Kier alpha value is -1.72. The van der Waals surface area contributed by atoms with Crippen LogP contribution in [-0.4, -0.2) is 19.6 Å². The first-order chi connectivity index (χ1) is 11.1. The number of amides is 1. The van der Waals surface area contributed by atoms with E-state index in [9.17, 15) is 4.79 Å². The summed E-state index contributed by atoms with van der Waals surface area (Å²) in [6, 6.07) is 8.92. The van der Waals surface area contributed by atoms with E-state index in [1.54, 1.807) is 25.3 Å². The van der Waals surface area contributed by atoms with Gasteiger partial charge in [-0.15, -0.1) is 11.3 Å². The van der Waals surface area contributed by atoms with Crippen LogP contribution in [0, 0.1) is 0 Å². The number of hydrogen-bond donors (Lipinski definition) is 1. The van der Waals surface area contributed by atoms with Crippen molar-refractivity contribution in [1.29, 1.82) is 0 Å². The van der Waals surface area contributed by atoms with Gasteiger partial charge < -0.3 is 14.8 Å². The lowest BCUT2D eigenvalue weighted by molar-refractivity contribution is 0.0951. The molecular weight excluding hydrogens is 334 g/mol. The van der Waals surface area contributed by atoms with Gasteiger partial charge in [0.15, 0.2) is 11.5 Å². The zero-order chi connectivity index (χ0) is 16.7. The molecule has 1 heterocycles. The number of carbonyl (C=O) groups excluding carboxylic acids is 1. The molecule has 0 spiro atoms. The maximum atomic E-state index is 12.2. The van der Waals surface area contributed by atoms with Crippen molar-refractivity contribution in [3.63, 3.8) is 0 Å². The minimum absolute atomic E-state index is 0.159. The lowest BCUT2D eigenvalue weighted by atomic mass is 10.2. The summed E-state index contributed by atoms with van der Waals surface area (Å²) in [7, 11) is 1.57. The molecule has 0 aliphatic heterocycles. The van der Waals surface area contributed by atoms with Crippen molar-refractivity contribution >= 4 is 28.8 Å². The van der Waals surface area contributed by atoms with Crippen LogP contribution in [0.15, 0.2) is 30.3 Å². The Balaban J connectivity index is 1.99. The van der Waals surface area contributed by atoms with Gasteiger partial charge in [0.05, 0.1) is 24.6 Å². The summed E-state index contributed by atoms with van der Waals surface area (Å²) in [6.45, 7) is 3.19. The molecule has 0 atom stereocenters. The van der Waals surface area contributed by atoms with Crippen molar-refractivity contribution < 1.29 is 14.3 Å². The fourth-order valence-electron chi connectivity index (χ4n) is 1.97. The quantitative estimate of drug-likeness (QED) is 0.710. The van der Waals surface area contributed by atoms with E-state index < -0.39 is 0 Å². The van der Waals surface area contributed by atoms with Crippen molar-refractivity contribution in [2.24, 2.45) is 0 Å². The number of ether oxygens (including phenoxy) is 2. The van der Waals surface area contributed by atoms with E-state index >= 15 is 0 Å². The van der Waals surface area contributed by atoms with Gasteiger partial charge in [-0.05, 0) is 36.8 Å². The number of thiophene rings is 1. The Morgan fingerprint density at radius 2 is 2.09 bits per heavy atom. The summed E-state index contributed by atoms with van der Waals surface area (Å²) in [6.07, 6.45) is 2.05. The fourth-order valence-corrected chi connectivity index (χ4v) is 3.00. The van der Waals surface area contributed by atoms with Crippen molar-refractivity contribution in [3.8, 4) is 11.5 Å². The van der Waals surface area contributed by atoms with Gasteiger partial charge in [-0.1, -0.05) is 24.9 Å². The van der Waals surface area contributed by atoms with E-state index in [1.807, 2.05) is 12.1 Å². The van der Waals surface area contributed by atoms with Gasteiger partial charge in [0.2, 0.25) is 0 Å². The molecule has 1 aromatic heterocycles. The predicted octanol–water partition coefficient (Wildman–Crippen LogP) is 4.52. The molecule has 0 aliphatic carbocycles. The van der Waals surface area contributed by atoms with Crippen molar-refractivity contribution in [2.45, 2.75) is 26.3 Å². The molecule has 1 N–H and O–H groups in total. The van der Waals surface area contributed by atoms with Crippen LogP contribution in [0.25, 0.3) is 0 Å². The largest absolute Gasteiger partial charge is 0.493 e. The molecule has 0 saturated carbocycles. The summed E-state index contributed by atoms with van der Waals surface area (Å²) in [4.78, 5) is 13.2. The maximum Gasteiger partial charge on any atom is 0.251 e. The van der Waals surface area contributed by atoms with Crippen LogP contribution in [0.1, 0.15) is 35.0 Å². The highest BCUT2D eigenvalue weighted by Gasteiger charge is 2.11. The Morgan fingerprint density at radius 3 is 2.74 bits per heavy atom. The average Bonchev–Trinajstić information content (AvgIpc) is 2.98. The molecule has 2 aromatic rings. The molecule has 0 fully saturated rings. The number of methoxy groups -OCH3 is 1. The van der Waals surface area contributed by atoms with Crippen molar-refractivity contribution in [3.05, 3.63) is 45.1 Å². The van der Waals surface area contributed by atoms with Crippen molar-refractivity contribution in [1.82, 2.24) is 5.32 Å². The summed E-state index contributed by atoms with van der Waals surface area (Å²) in [5.41, 5.74) is 0.535. The van der Waals surface area contributed by atoms with Gasteiger partial charge in [0.1, 0.15) is 0 Å². The molecule has 0 saturated heterocycles. The fraction of sp³-hybridized carbons (Fsp3) is 0.353. The zero-order valence-electron chi connectivity index (χ0n) is 13.2. The second-order valence-corrected chi connectivity index (χ2v) is 6.76. The van der Waals surface area contributed by atoms with Gasteiger partial charge in [-0.25, -0.2) is 0 Å². The number of benzene rings is 1. The van der Waals surface area contributed by atoms with Crippen LogP contribution in [0.4, 0.5) is 0 Å². The Kier molecular flexibility index (Phi) is 6.74. The van der Waals surface area contributed by atoms with E-state index in [4.69, 9.17) is 21.1 Å². The molecule has 0 bridgehead atoms. The molecule has 1 amide bonds. The van der Waals surface area contributed by atoms with Crippen LogP contribution in [-0.2, 0) is 6.54 Å². The van der Waals surface area contributed by atoms with E-state index in [2.05, 4.69) is 12.2 Å². The Bertz CT molecular complexity index is 657. The number of halogens is 1. The number of hydrogen-bond acceptors (Lipinski definition) is 4. The smallest absolute Gasteiger partial charge is 0.251 e. The number of nitrogens with one attached hydrogen (secondary N) is 1. The predicted molar refractivity (Wildman–Crippen MR) is 93.9 cm³/mol. The highest BCUT2D eigenvalue weighted by atomic mass is 35.5. The van der Waals surface area contributed by atoms with Gasteiger partial charge >= 0.3 is 0 Å². The van der Waals surface area contributed by atoms with Crippen LogP contribution < -0.4 is 14.8 Å². The molecule has 1 aromatic carbocycles. The highest BCUT2D eigenvalue weighted by molar-refractivity contribution is 7.16. The highest BCUT2D eigenvalue weighted by Crippen LogP contribution is 2.28. The second kappa shape index (κ2) is 8.79. The first-order valence-corrected chi connectivity index (χ1v) is 8.66. The molecule has 0 aliphatic rings. The standard InChI is InChI=1S/C17H20ClNO3S/c1-3-4-9-22-14-7-5-12(10-15(14)21-2)17(20)19-11-13-6-8-16(18)23-13/h5-8,10H,3-4,9,11H2,1-2H3,(H,19,20). The number of rotatable bonds is 8. The van der Waals surface area contributed by atoms with E-state index in [0.717, 1.165) is 17.7 Å². The number of carbonyl (C=O) groups is 1. The first-order valence-electron chi connectivity index (χ1n) is 7.47. The summed E-state index contributed by atoms with van der Waals surface area (Å²) in [5, 5.41) is 2.87. The molecule has 6 heteroatoms. The minimum Gasteiger partial charge on any atom is -0.493 e. The van der Waals surface area contributed by atoms with Crippen LogP contribution in [0.2, 0.25) is 4.34 Å². The molecule has 23 heavy (non-hydrogen) atoms. The Labute approximate surface area is 145 Å². The third-order valence-corrected chi connectivity index (χ3v) is 4.46. The SMILES string of the molecule is CCCCOc1ccc(C(=O)NCc2ccc(Cl)s2)cc1OC. The monoisotopic (exact) mass is 353 g/mol. The van der Waals surface area contributed by atoms with Crippen LogP contribution >= 0.6 is 22.9 Å². The Morgan fingerprint density at radius 1 is 1.26 bits per heavy atom. The van der Waals surface area contributed by atoms with Gasteiger partial charge in [-0.2, -0.15) is 0 Å².